The van der Waals surface area contributed by atoms with Crippen molar-refractivity contribution in [2.45, 2.75) is 50.5 Å². The second-order valence-corrected chi connectivity index (χ2v) is 6.06. The number of nitrogens with zero attached hydrogens (tertiary/aromatic N) is 1. The fraction of sp³-hybridized carbons (Fsp3) is 0.647. The van der Waals surface area contributed by atoms with Crippen molar-refractivity contribution in [1.82, 2.24) is 10.2 Å². The summed E-state index contributed by atoms with van der Waals surface area (Å²) in [6.45, 7) is 4.50. The molecule has 2 bridgehead atoms. The molecule has 1 aromatic rings. The van der Waals surface area contributed by atoms with Crippen LogP contribution in [0.5, 0.6) is 0 Å². The molecular weight excluding hydrogens is 248 g/mol. The van der Waals surface area contributed by atoms with Gasteiger partial charge in [-0.05, 0) is 31.9 Å². The number of hydrogen-bond donors (Lipinski definition) is 1. The first kappa shape index (κ1) is 14.1. The summed E-state index contributed by atoms with van der Waals surface area (Å²) in [6.07, 6.45) is 4.59. The second-order valence-electron chi connectivity index (χ2n) is 6.06. The lowest BCUT2D eigenvalue weighted by molar-refractivity contribution is -0.0581. The topological polar surface area (TPSA) is 24.5 Å². The Morgan fingerprint density at radius 2 is 1.85 bits per heavy atom. The highest BCUT2D eigenvalue weighted by molar-refractivity contribution is 5.20. The maximum Gasteiger partial charge on any atom is 0.0707 e. The van der Waals surface area contributed by atoms with Crippen LogP contribution in [-0.4, -0.2) is 43.3 Å². The van der Waals surface area contributed by atoms with E-state index >= 15 is 0 Å². The van der Waals surface area contributed by atoms with Crippen molar-refractivity contribution in [2.75, 3.05) is 20.1 Å². The Morgan fingerprint density at radius 1 is 1.20 bits per heavy atom. The lowest BCUT2D eigenvalue weighted by Gasteiger charge is -2.41. The Bertz CT molecular complexity index is 410. The van der Waals surface area contributed by atoms with Gasteiger partial charge >= 0.3 is 0 Å². The number of hydrogen-bond acceptors (Lipinski definition) is 3. The van der Waals surface area contributed by atoms with E-state index in [2.05, 4.69) is 54.5 Å². The summed E-state index contributed by atoms with van der Waals surface area (Å²) in [5.74, 6) is 0. The van der Waals surface area contributed by atoms with Crippen LogP contribution in [0.25, 0.3) is 0 Å². The molecule has 0 spiro atoms. The lowest BCUT2D eigenvalue weighted by Crippen LogP contribution is -2.51. The fourth-order valence-corrected chi connectivity index (χ4v) is 3.86. The van der Waals surface area contributed by atoms with Crippen molar-refractivity contribution in [3.8, 4) is 0 Å². The molecule has 2 heterocycles. The van der Waals surface area contributed by atoms with Crippen LogP contribution in [0.3, 0.4) is 0 Å². The van der Waals surface area contributed by atoms with Crippen LogP contribution in [0.4, 0.5) is 0 Å². The minimum Gasteiger partial charge on any atom is -0.372 e. The molecule has 0 radical (unpaired) electrons. The molecule has 4 unspecified atom stereocenters. The van der Waals surface area contributed by atoms with Crippen LogP contribution in [0.2, 0.25) is 0 Å². The van der Waals surface area contributed by atoms with E-state index in [1.165, 1.54) is 24.8 Å². The van der Waals surface area contributed by atoms with Gasteiger partial charge in [-0.3, -0.25) is 4.90 Å². The number of nitrogens with one attached hydrogen (secondary N) is 1. The minimum atomic E-state index is 0.402. The zero-order chi connectivity index (χ0) is 13.9. The molecule has 110 valence electrons. The third kappa shape index (κ3) is 2.76. The van der Waals surface area contributed by atoms with Gasteiger partial charge in [0.05, 0.1) is 12.2 Å². The van der Waals surface area contributed by atoms with Gasteiger partial charge in [0.2, 0.25) is 0 Å². The predicted molar refractivity (Wildman–Crippen MR) is 81.8 cm³/mol. The number of benzene rings is 1. The first-order valence-corrected chi connectivity index (χ1v) is 7.93. The Labute approximate surface area is 122 Å². The molecule has 0 saturated carbocycles. The van der Waals surface area contributed by atoms with Gasteiger partial charge in [0.1, 0.15) is 0 Å². The van der Waals surface area contributed by atoms with E-state index < -0.39 is 0 Å². The van der Waals surface area contributed by atoms with Gasteiger partial charge < -0.3 is 10.1 Å². The molecule has 0 aromatic heterocycles. The van der Waals surface area contributed by atoms with Gasteiger partial charge in [-0.15, -0.1) is 0 Å². The molecule has 3 rings (SSSR count). The molecule has 3 heteroatoms. The van der Waals surface area contributed by atoms with Crippen molar-refractivity contribution in [3.05, 3.63) is 35.9 Å². The predicted octanol–water partition coefficient (Wildman–Crippen LogP) is 2.59. The number of likely N-dealkylation sites (tertiary alicyclic amines) is 1. The van der Waals surface area contributed by atoms with Crippen LogP contribution < -0.4 is 5.32 Å². The van der Waals surface area contributed by atoms with Crippen LogP contribution in [0, 0.1) is 0 Å². The van der Waals surface area contributed by atoms with Crippen LogP contribution >= 0.6 is 0 Å². The van der Waals surface area contributed by atoms with Gasteiger partial charge in [-0.25, -0.2) is 0 Å². The molecule has 20 heavy (non-hydrogen) atoms. The number of rotatable bonds is 5. The summed E-state index contributed by atoms with van der Waals surface area (Å²) < 4.78 is 5.98. The minimum absolute atomic E-state index is 0.402. The molecule has 0 amide bonds. The highest BCUT2D eigenvalue weighted by atomic mass is 16.5. The Kier molecular flexibility index (Phi) is 4.39. The van der Waals surface area contributed by atoms with Gasteiger partial charge in [0.25, 0.3) is 0 Å². The maximum absolute atomic E-state index is 5.98. The average molecular weight is 274 g/mol. The molecule has 0 aliphatic carbocycles. The standard InChI is InChI=1S/C17H26N2O/c1-3-16(17(18-2)13-7-5-4-6-8-13)19-11-14-9-10-15(12-19)20-14/h4-8,14-18H,3,9-12H2,1-2H3. The van der Waals surface area contributed by atoms with Gasteiger partial charge in [0.15, 0.2) is 0 Å². The van der Waals surface area contributed by atoms with Crippen molar-refractivity contribution < 1.29 is 4.74 Å². The van der Waals surface area contributed by atoms with Crippen molar-refractivity contribution >= 4 is 0 Å². The zero-order valence-electron chi connectivity index (χ0n) is 12.6. The summed E-state index contributed by atoms with van der Waals surface area (Å²) in [5.41, 5.74) is 1.39. The summed E-state index contributed by atoms with van der Waals surface area (Å²) in [6, 6.07) is 11.8. The quantitative estimate of drug-likeness (QED) is 0.893. The van der Waals surface area contributed by atoms with E-state index in [4.69, 9.17) is 4.74 Å². The molecule has 3 nitrogen and oxygen atoms in total. The average Bonchev–Trinajstić information content (AvgIpc) is 2.84. The zero-order valence-corrected chi connectivity index (χ0v) is 12.6. The summed E-state index contributed by atoms with van der Waals surface area (Å²) in [5, 5.41) is 3.53. The first-order chi connectivity index (χ1) is 9.81. The molecule has 1 N–H and O–H groups in total. The molecular formula is C17H26N2O. The highest BCUT2D eigenvalue weighted by Crippen LogP contribution is 2.31. The Hall–Kier alpha value is -0.900. The van der Waals surface area contributed by atoms with Crippen LogP contribution in [-0.2, 0) is 4.74 Å². The van der Waals surface area contributed by atoms with E-state index in [1.54, 1.807) is 0 Å². The number of ether oxygens (including phenoxy) is 1. The maximum atomic E-state index is 5.98. The van der Waals surface area contributed by atoms with Crippen LogP contribution in [0.1, 0.15) is 37.8 Å². The molecule has 4 atom stereocenters. The van der Waals surface area contributed by atoms with Crippen LogP contribution in [0.15, 0.2) is 30.3 Å². The molecule has 2 fully saturated rings. The molecule has 2 aliphatic rings. The second kappa shape index (κ2) is 6.25. The van der Waals surface area contributed by atoms with E-state index in [9.17, 15) is 0 Å². The number of likely N-dealkylation sites (N-methyl/N-ethyl adjacent to an activating group) is 1. The Morgan fingerprint density at radius 3 is 2.40 bits per heavy atom. The Balaban J connectivity index is 1.77. The smallest absolute Gasteiger partial charge is 0.0707 e. The van der Waals surface area contributed by atoms with E-state index in [0.717, 1.165) is 13.1 Å². The van der Waals surface area contributed by atoms with Crippen molar-refractivity contribution in [1.29, 1.82) is 0 Å². The summed E-state index contributed by atoms with van der Waals surface area (Å²) >= 11 is 0. The third-order valence-electron chi connectivity index (χ3n) is 4.81. The monoisotopic (exact) mass is 274 g/mol. The van der Waals surface area contributed by atoms with Crippen molar-refractivity contribution in [3.63, 3.8) is 0 Å². The lowest BCUT2D eigenvalue weighted by atomic mass is 9.95. The molecule has 2 saturated heterocycles. The third-order valence-corrected chi connectivity index (χ3v) is 4.81. The molecule has 1 aromatic carbocycles. The summed E-state index contributed by atoms with van der Waals surface area (Å²) in [7, 11) is 2.08. The molecule has 2 aliphatic heterocycles. The van der Waals surface area contributed by atoms with E-state index in [0.29, 0.717) is 24.3 Å². The van der Waals surface area contributed by atoms with E-state index in [-0.39, 0.29) is 0 Å². The van der Waals surface area contributed by atoms with Gasteiger partial charge in [0, 0.05) is 25.2 Å². The first-order valence-electron chi connectivity index (χ1n) is 7.93. The number of morpholine rings is 1. The highest BCUT2D eigenvalue weighted by Gasteiger charge is 2.38. The van der Waals surface area contributed by atoms with Gasteiger partial charge in [-0.2, -0.15) is 0 Å². The normalized spacial score (nSPS) is 29.3. The van der Waals surface area contributed by atoms with Crippen molar-refractivity contribution in [2.24, 2.45) is 0 Å². The van der Waals surface area contributed by atoms with Gasteiger partial charge in [-0.1, -0.05) is 37.3 Å². The van der Waals surface area contributed by atoms with E-state index in [1.807, 2.05) is 0 Å². The fourth-order valence-electron chi connectivity index (χ4n) is 3.86. The summed E-state index contributed by atoms with van der Waals surface area (Å²) in [4.78, 5) is 2.65. The SMILES string of the molecule is CCC(C(NC)c1ccccc1)N1CC2CCC(C1)O2. The number of fused-ring (bicyclic) bond motifs is 2. The largest absolute Gasteiger partial charge is 0.372 e.